The molecule has 6 heteroatoms. The molecule has 5 nitrogen and oxygen atoms in total. The summed E-state index contributed by atoms with van der Waals surface area (Å²) in [7, 11) is -2.85. The van der Waals surface area contributed by atoms with Crippen LogP contribution in [0.4, 0.5) is 5.69 Å². The van der Waals surface area contributed by atoms with Crippen molar-refractivity contribution in [1.29, 1.82) is 0 Å². The Bertz CT molecular complexity index is 596. The Kier molecular flexibility index (Phi) is 5.00. The molecule has 3 N–H and O–H groups in total. The number of hydrogen-bond donors (Lipinski definition) is 2. The Labute approximate surface area is 126 Å². The Morgan fingerprint density at radius 3 is 2.62 bits per heavy atom. The van der Waals surface area contributed by atoms with E-state index >= 15 is 0 Å². The van der Waals surface area contributed by atoms with E-state index < -0.39 is 9.84 Å². The number of nitrogens with one attached hydrogen (secondary N) is 1. The van der Waals surface area contributed by atoms with Crippen LogP contribution < -0.4 is 10.6 Å². The van der Waals surface area contributed by atoms with Crippen LogP contribution in [0.5, 0.6) is 0 Å². The van der Waals surface area contributed by atoms with Gasteiger partial charge in [0.15, 0.2) is 9.84 Å². The lowest BCUT2D eigenvalue weighted by Crippen LogP contribution is -2.95. The largest absolute Gasteiger partial charge is 0.340 e. The van der Waals surface area contributed by atoms with E-state index in [2.05, 4.69) is 5.32 Å². The Balaban J connectivity index is 1.78. The number of benzene rings is 1. The molecule has 21 heavy (non-hydrogen) atoms. The number of nitrogens with two attached hydrogens (primary N) is 1. The van der Waals surface area contributed by atoms with Crippen LogP contribution in [0.3, 0.4) is 0 Å². The molecule has 0 saturated carbocycles. The maximum Gasteiger partial charge on any atom is 0.230 e. The summed E-state index contributed by atoms with van der Waals surface area (Å²) in [6, 6.07) is 7.84. The van der Waals surface area contributed by atoms with E-state index in [4.69, 9.17) is 0 Å². The van der Waals surface area contributed by atoms with Gasteiger partial charge in [0, 0.05) is 12.1 Å². The van der Waals surface area contributed by atoms with Crippen molar-refractivity contribution >= 4 is 21.4 Å². The molecule has 1 aliphatic heterocycles. The number of amides is 1. The number of quaternary nitrogens is 1. The van der Waals surface area contributed by atoms with Crippen molar-refractivity contribution in [2.24, 2.45) is 0 Å². The zero-order chi connectivity index (χ0) is 15.5. The Morgan fingerprint density at radius 1 is 1.38 bits per heavy atom. The number of carbonyl (C=O) groups excluding carboxylic acids is 1. The van der Waals surface area contributed by atoms with Crippen LogP contribution in [0.1, 0.15) is 25.3 Å². The SMILES string of the molecule is Cc1ccc(NC(=O)C[C@@H](C)[NH2+][C@H]2CCS(=O)(=O)C2)cc1. The van der Waals surface area contributed by atoms with E-state index in [0.717, 1.165) is 11.3 Å². The molecule has 0 radical (unpaired) electrons. The molecule has 1 amide bonds. The minimum absolute atomic E-state index is 0.0385. The van der Waals surface area contributed by atoms with Crippen molar-refractivity contribution in [3.05, 3.63) is 29.8 Å². The van der Waals surface area contributed by atoms with Gasteiger partial charge in [-0.1, -0.05) is 17.7 Å². The normalized spacial score (nSPS) is 21.9. The number of sulfone groups is 1. The molecule has 0 aliphatic carbocycles. The molecule has 1 fully saturated rings. The highest BCUT2D eigenvalue weighted by Crippen LogP contribution is 2.10. The second-order valence-electron chi connectivity index (χ2n) is 5.95. The predicted molar refractivity (Wildman–Crippen MR) is 82.9 cm³/mol. The Hall–Kier alpha value is -1.40. The second-order valence-corrected chi connectivity index (χ2v) is 8.18. The molecule has 0 unspecified atom stereocenters. The smallest absolute Gasteiger partial charge is 0.230 e. The van der Waals surface area contributed by atoms with Crippen LogP contribution in [-0.4, -0.2) is 37.9 Å². The van der Waals surface area contributed by atoms with Gasteiger partial charge in [-0.05, 0) is 26.0 Å². The first-order valence-corrected chi connectivity index (χ1v) is 9.08. The molecule has 0 spiro atoms. The van der Waals surface area contributed by atoms with Crippen molar-refractivity contribution in [3.8, 4) is 0 Å². The number of aryl methyl sites for hydroxylation is 1. The number of carbonyl (C=O) groups is 1. The monoisotopic (exact) mass is 311 g/mol. The van der Waals surface area contributed by atoms with E-state index in [1.165, 1.54) is 0 Å². The first kappa shape index (κ1) is 16.0. The molecule has 2 atom stereocenters. The van der Waals surface area contributed by atoms with E-state index in [1.807, 2.05) is 43.4 Å². The van der Waals surface area contributed by atoms with Gasteiger partial charge in [0.25, 0.3) is 0 Å². The molecule has 1 heterocycles. The fraction of sp³-hybridized carbons (Fsp3) is 0.533. The third-order valence-electron chi connectivity index (χ3n) is 3.71. The van der Waals surface area contributed by atoms with E-state index in [1.54, 1.807) is 0 Å². The van der Waals surface area contributed by atoms with Crippen molar-refractivity contribution < 1.29 is 18.5 Å². The molecular weight excluding hydrogens is 288 g/mol. The molecular formula is C15H23N2O3S+. The van der Waals surface area contributed by atoms with Crippen LogP contribution in [0.15, 0.2) is 24.3 Å². The summed E-state index contributed by atoms with van der Waals surface area (Å²) in [5.41, 5.74) is 1.94. The number of anilines is 1. The van der Waals surface area contributed by atoms with Gasteiger partial charge in [0.2, 0.25) is 5.91 Å². The van der Waals surface area contributed by atoms with Crippen LogP contribution in [-0.2, 0) is 14.6 Å². The topological polar surface area (TPSA) is 79.8 Å². The second kappa shape index (κ2) is 6.58. The summed E-state index contributed by atoms with van der Waals surface area (Å²) < 4.78 is 22.8. The molecule has 2 rings (SSSR count). The lowest BCUT2D eigenvalue weighted by Gasteiger charge is -2.15. The summed E-state index contributed by atoms with van der Waals surface area (Å²) in [5.74, 6) is 0.469. The van der Waals surface area contributed by atoms with Crippen molar-refractivity contribution in [3.63, 3.8) is 0 Å². The first-order chi connectivity index (χ1) is 9.84. The van der Waals surface area contributed by atoms with E-state index in [-0.39, 0.29) is 29.5 Å². The van der Waals surface area contributed by atoms with Crippen molar-refractivity contribution in [2.75, 3.05) is 16.8 Å². The third-order valence-corrected chi connectivity index (χ3v) is 5.50. The van der Waals surface area contributed by atoms with Crippen LogP contribution in [0.2, 0.25) is 0 Å². The molecule has 0 bridgehead atoms. The average molecular weight is 311 g/mol. The Morgan fingerprint density at radius 2 is 2.05 bits per heavy atom. The fourth-order valence-corrected chi connectivity index (χ4v) is 4.41. The summed E-state index contributed by atoms with van der Waals surface area (Å²) in [6.45, 7) is 3.96. The van der Waals surface area contributed by atoms with Crippen LogP contribution in [0.25, 0.3) is 0 Å². The predicted octanol–water partition coefficient (Wildman–Crippen LogP) is 0.463. The van der Waals surface area contributed by atoms with Gasteiger partial charge in [-0.25, -0.2) is 8.42 Å². The molecule has 0 aromatic heterocycles. The van der Waals surface area contributed by atoms with Gasteiger partial charge in [0.05, 0.1) is 18.2 Å². The standard InChI is InChI=1S/C15H22N2O3S/c1-11-3-5-13(6-4-11)17-15(18)9-12(2)16-14-7-8-21(19,20)10-14/h3-6,12,14,16H,7-10H2,1-2H3,(H,17,18)/p+1/t12-,14+/m1/s1. The fourth-order valence-electron chi connectivity index (χ4n) is 2.65. The molecule has 1 aliphatic rings. The van der Waals surface area contributed by atoms with Gasteiger partial charge in [-0.2, -0.15) is 0 Å². The molecule has 116 valence electrons. The van der Waals surface area contributed by atoms with Gasteiger partial charge in [0.1, 0.15) is 11.8 Å². The van der Waals surface area contributed by atoms with Crippen LogP contribution >= 0.6 is 0 Å². The highest BCUT2D eigenvalue weighted by atomic mass is 32.2. The van der Waals surface area contributed by atoms with Gasteiger partial charge in [-0.15, -0.1) is 0 Å². The third kappa shape index (κ3) is 5.13. The highest BCUT2D eigenvalue weighted by molar-refractivity contribution is 7.91. The minimum atomic E-state index is -2.85. The summed E-state index contributed by atoms with van der Waals surface area (Å²) in [5, 5.41) is 4.88. The van der Waals surface area contributed by atoms with Crippen molar-refractivity contribution in [1.82, 2.24) is 0 Å². The van der Waals surface area contributed by atoms with Crippen molar-refractivity contribution in [2.45, 2.75) is 38.8 Å². The van der Waals surface area contributed by atoms with E-state index in [0.29, 0.717) is 12.8 Å². The molecule has 1 aromatic rings. The lowest BCUT2D eigenvalue weighted by atomic mass is 10.1. The van der Waals surface area contributed by atoms with Gasteiger partial charge in [-0.3, -0.25) is 4.79 Å². The summed E-state index contributed by atoms with van der Waals surface area (Å²) >= 11 is 0. The first-order valence-electron chi connectivity index (χ1n) is 7.26. The zero-order valence-electron chi connectivity index (χ0n) is 12.5. The van der Waals surface area contributed by atoms with E-state index in [9.17, 15) is 13.2 Å². The minimum Gasteiger partial charge on any atom is -0.340 e. The number of rotatable bonds is 5. The zero-order valence-corrected chi connectivity index (χ0v) is 13.3. The maximum atomic E-state index is 12.0. The summed E-state index contributed by atoms with van der Waals surface area (Å²) in [4.78, 5) is 12.0. The molecule has 1 aromatic carbocycles. The van der Waals surface area contributed by atoms with Gasteiger partial charge >= 0.3 is 0 Å². The molecule has 1 saturated heterocycles. The summed E-state index contributed by atoms with van der Waals surface area (Å²) in [6.07, 6.45) is 1.07. The maximum absolute atomic E-state index is 12.0. The highest BCUT2D eigenvalue weighted by Gasteiger charge is 2.31. The quantitative estimate of drug-likeness (QED) is 0.829. The lowest BCUT2D eigenvalue weighted by molar-refractivity contribution is -0.712. The average Bonchev–Trinajstić information content (AvgIpc) is 2.71. The van der Waals surface area contributed by atoms with Gasteiger partial charge < -0.3 is 10.6 Å². The number of hydrogen-bond acceptors (Lipinski definition) is 3. The van der Waals surface area contributed by atoms with Crippen LogP contribution in [0, 0.1) is 6.92 Å².